The molecular weight excluding hydrogens is 228 g/mol. The maximum atomic E-state index is 12.0. The Morgan fingerprint density at radius 3 is 2.56 bits per heavy atom. The first-order chi connectivity index (χ1) is 8.69. The average molecular weight is 254 g/mol. The Balaban J connectivity index is 1.87. The second kappa shape index (κ2) is 5.91. The van der Waals surface area contributed by atoms with Crippen molar-refractivity contribution in [3.8, 4) is 0 Å². The molecule has 2 saturated carbocycles. The van der Waals surface area contributed by atoms with Crippen LogP contribution in [0, 0.1) is 17.8 Å². The first-order valence-corrected chi connectivity index (χ1v) is 7.37. The van der Waals surface area contributed by atoms with Crippen molar-refractivity contribution in [2.45, 2.75) is 58.0 Å². The van der Waals surface area contributed by atoms with E-state index in [-0.39, 0.29) is 30.6 Å². The summed E-state index contributed by atoms with van der Waals surface area (Å²) in [5.41, 5.74) is 0. The molecule has 0 saturated heterocycles. The fraction of sp³-hybridized carbons (Fsp3) is 0.929. The summed E-state index contributed by atoms with van der Waals surface area (Å²) < 4.78 is 0. The maximum absolute atomic E-state index is 12.0. The van der Waals surface area contributed by atoms with E-state index < -0.39 is 0 Å². The van der Waals surface area contributed by atoms with E-state index in [0.717, 1.165) is 12.8 Å². The summed E-state index contributed by atoms with van der Waals surface area (Å²) in [5.74, 6) is 1.48. The number of urea groups is 1. The van der Waals surface area contributed by atoms with Crippen molar-refractivity contribution in [3.63, 3.8) is 0 Å². The van der Waals surface area contributed by atoms with E-state index >= 15 is 0 Å². The zero-order valence-electron chi connectivity index (χ0n) is 11.5. The number of carbonyl (C=O) groups excluding carboxylic acids is 1. The topological polar surface area (TPSA) is 61.4 Å². The van der Waals surface area contributed by atoms with Crippen LogP contribution in [-0.2, 0) is 0 Å². The van der Waals surface area contributed by atoms with Crippen molar-refractivity contribution in [2.75, 3.05) is 6.61 Å². The number of rotatable bonds is 5. The van der Waals surface area contributed by atoms with Crippen LogP contribution in [0.5, 0.6) is 0 Å². The van der Waals surface area contributed by atoms with Crippen molar-refractivity contribution in [2.24, 2.45) is 17.8 Å². The van der Waals surface area contributed by atoms with E-state index in [1.165, 1.54) is 19.3 Å². The fourth-order valence-electron chi connectivity index (χ4n) is 3.77. The lowest BCUT2D eigenvalue weighted by Crippen LogP contribution is -2.51. The third-order valence-electron chi connectivity index (χ3n) is 4.92. The van der Waals surface area contributed by atoms with Crippen LogP contribution in [-0.4, -0.2) is 29.8 Å². The van der Waals surface area contributed by atoms with Crippen LogP contribution in [0.25, 0.3) is 0 Å². The van der Waals surface area contributed by atoms with Gasteiger partial charge in [0.05, 0.1) is 0 Å². The molecule has 0 radical (unpaired) electrons. The van der Waals surface area contributed by atoms with Gasteiger partial charge in [-0.1, -0.05) is 13.8 Å². The molecular formula is C14H26N2O2. The average Bonchev–Trinajstić information content (AvgIpc) is 2.96. The van der Waals surface area contributed by atoms with Gasteiger partial charge in [-0.3, -0.25) is 0 Å². The molecule has 2 amide bonds. The SMILES string of the molecule is CCC(CC)NC(=O)NC1C2CCC(C2)C1CO. The van der Waals surface area contributed by atoms with Crippen molar-refractivity contribution in [1.29, 1.82) is 0 Å². The van der Waals surface area contributed by atoms with Gasteiger partial charge >= 0.3 is 6.03 Å². The minimum absolute atomic E-state index is 0.0558. The van der Waals surface area contributed by atoms with Gasteiger partial charge in [0, 0.05) is 24.6 Å². The highest BCUT2D eigenvalue weighted by molar-refractivity contribution is 5.74. The van der Waals surface area contributed by atoms with Crippen LogP contribution in [0.2, 0.25) is 0 Å². The molecule has 18 heavy (non-hydrogen) atoms. The Morgan fingerprint density at radius 1 is 1.28 bits per heavy atom. The zero-order valence-corrected chi connectivity index (χ0v) is 11.5. The van der Waals surface area contributed by atoms with Gasteiger partial charge < -0.3 is 15.7 Å². The third kappa shape index (κ3) is 2.63. The van der Waals surface area contributed by atoms with Crippen molar-refractivity contribution >= 4 is 6.03 Å². The zero-order chi connectivity index (χ0) is 13.1. The predicted octanol–water partition coefficient (Wildman–Crippen LogP) is 1.88. The minimum atomic E-state index is -0.0558. The number of hydrogen-bond acceptors (Lipinski definition) is 2. The number of hydrogen-bond donors (Lipinski definition) is 3. The Bertz CT molecular complexity index is 292. The first-order valence-electron chi connectivity index (χ1n) is 7.37. The highest BCUT2D eigenvalue weighted by Crippen LogP contribution is 2.48. The van der Waals surface area contributed by atoms with E-state index in [0.29, 0.717) is 11.8 Å². The third-order valence-corrected chi connectivity index (χ3v) is 4.92. The molecule has 2 bridgehead atoms. The molecule has 2 fully saturated rings. The summed E-state index contributed by atoms with van der Waals surface area (Å²) in [7, 11) is 0. The van der Waals surface area contributed by atoms with Gasteiger partial charge in [-0.05, 0) is 43.9 Å². The maximum Gasteiger partial charge on any atom is 0.315 e. The molecule has 0 aromatic carbocycles. The normalized spacial score (nSPS) is 34.0. The molecule has 0 aromatic rings. The molecule has 0 spiro atoms. The Labute approximate surface area is 110 Å². The van der Waals surface area contributed by atoms with Crippen LogP contribution in [0.3, 0.4) is 0 Å². The van der Waals surface area contributed by atoms with Gasteiger partial charge in [-0.2, -0.15) is 0 Å². The van der Waals surface area contributed by atoms with Gasteiger partial charge in [-0.25, -0.2) is 4.79 Å². The Morgan fingerprint density at radius 2 is 1.94 bits per heavy atom. The highest BCUT2D eigenvalue weighted by atomic mass is 16.3. The lowest BCUT2D eigenvalue weighted by atomic mass is 9.85. The Hall–Kier alpha value is -0.770. The van der Waals surface area contributed by atoms with Crippen molar-refractivity contribution in [1.82, 2.24) is 10.6 Å². The molecule has 2 aliphatic rings. The molecule has 0 aromatic heterocycles. The molecule has 0 heterocycles. The van der Waals surface area contributed by atoms with Gasteiger partial charge in [-0.15, -0.1) is 0 Å². The minimum Gasteiger partial charge on any atom is -0.396 e. The number of carbonyl (C=O) groups is 1. The molecule has 4 unspecified atom stereocenters. The van der Waals surface area contributed by atoms with E-state index in [2.05, 4.69) is 24.5 Å². The van der Waals surface area contributed by atoms with Gasteiger partial charge in [0.25, 0.3) is 0 Å². The number of amides is 2. The second-order valence-electron chi connectivity index (χ2n) is 5.84. The summed E-state index contributed by atoms with van der Waals surface area (Å²) >= 11 is 0. The molecule has 104 valence electrons. The van der Waals surface area contributed by atoms with Gasteiger partial charge in [0.15, 0.2) is 0 Å². The van der Waals surface area contributed by atoms with Crippen molar-refractivity contribution < 1.29 is 9.90 Å². The Kier molecular flexibility index (Phi) is 4.49. The molecule has 2 rings (SSSR count). The van der Waals surface area contributed by atoms with Crippen LogP contribution < -0.4 is 10.6 Å². The van der Waals surface area contributed by atoms with Crippen LogP contribution in [0.1, 0.15) is 46.0 Å². The van der Waals surface area contributed by atoms with Crippen molar-refractivity contribution in [3.05, 3.63) is 0 Å². The van der Waals surface area contributed by atoms with E-state index in [4.69, 9.17) is 0 Å². The number of aliphatic hydroxyl groups excluding tert-OH is 1. The fourth-order valence-corrected chi connectivity index (χ4v) is 3.77. The van der Waals surface area contributed by atoms with Crippen LogP contribution in [0.15, 0.2) is 0 Å². The van der Waals surface area contributed by atoms with Crippen LogP contribution in [0.4, 0.5) is 4.79 Å². The van der Waals surface area contributed by atoms with Gasteiger partial charge in [0.1, 0.15) is 0 Å². The number of aliphatic hydroxyl groups is 1. The second-order valence-corrected chi connectivity index (χ2v) is 5.84. The summed E-state index contributed by atoms with van der Waals surface area (Å²) in [6.07, 6.45) is 5.54. The monoisotopic (exact) mass is 254 g/mol. The summed E-state index contributed by atoms with van der Waals surface area (Å²) in [6, 6.07) is 0.388. The van der Waals surface area contributed by atoms with E-state index in [1.54, 1.807) is 0 Å². The first kappa shape index (κ1) is 13.7. The van der Waals surface area contributed by atoms with E-state index in [1.807, 2.05) is 0 Å². The molecule has 3 N–H and O–H groups in total. The highest BCUT2D eigenvalue weighted by Gasteiger charge is 2.47. The smallest absolute Gasteiger partial charge is 0.315 e. The molecule has 2 aliphatic carbocycles. The summed E-state index contributed by atoms with van der Waals surface area (Å²) in [4.78, 5) is 12.0. The lowest BCUT2D eigenvalue weighted by molar-refractivity contribution is 0.143. The number of nitrogens with one attached hydrogen (secondary N) is 2. The summed E-state index contributed by atoms with van der Waals surface area (Å²) in [5, 5.41) is 15.6. The largest absolute Gasteiger partial charge is 0.396 e. The standard InChI is InChI=1S/C14H26N2O2/c1-3-11(4-2)15-14(18)16-13-10-6-5-9(7-10)12(13)8-17/h9-13,17H,3-8H2,1-2H3,(H2,15,16,18). The van der Waals surface area contributed by atoms with E-state index in [9.17, 15) is 9.90 Å². The van der Waals surface area contributed by atoms with Gasteiger partial charge in [0.2, 0.25) is 0 Å². The molecule has 4 nitrogen and oxygen atoms in total. The predicted molar refractivity (Wildman–Crippen MR) is 71.2 cm³/mol. The molecule has 4 heteroatoms. The van der Waals surface area contributed by atoms with Crippen LogP contribution >= 0.6 is 0 Å². The quantitative estimate of drug-likeness (QED) is 0.701. The molecule has 4 atom stereocenters. The number of fused-ring (bicyclic) bond motifs is 2. The molecule has 0 aliphatic heterocycles. The summed E-state index contributed by atoms with van der Waals surface area (Å²) in [6.45, 7) is 4.38. The lowest BCUT2D eigenvalue weighted by Gasteiger charge is -2.31.